The first-order valence-electron chi connectivity index (χ1n) is 4.70. The fraction of sp³-hybridized carbons (Fsp3) is 0.667. The third-order valence-corrected chi connectivity index (χ3v) is 2.20. The van der Waals surface area contributed by atoms with E-state index in [1.54, 1.807) is 0 Å². The standard InChI is InChI=1S/C9H16N4/c1-13(2)9-11-6-8(12-9)5-10-7-3-4-7/h6-7,10H,3-5H2,1-2H3,(H,11,12). The first-order chi connectivity index (χ1) is 6.25. The van der Waals surface area contributed by atoms with Crippen LogP contribution in [0.15, 0.2) is 6.20 Å². The highest BCUT2D eigenvalue weighted by molar-refractivity contribution is 5.28. The van der Waals surface area contributed by atoms with Crippen LogP contribution in [-0.4, -0.2) is 30.1 Å². The molecule has 0 radical (unpaired) electrons. The van der Waals surface area contributed by atoms with E-state index < -0.39 is 0 Å². The number of hydrogen-bond acceptors (Lipinski definition) is 3. The van der Waals surface area contributed by atoms with Crippen molar-refractivity contribution < 1.29 is 0 Å². The molecule has 0 bridgehead atoms. The van der Waals surface area contributed by atoms with Gasteiger partial charge in [-0.3, -0.25) is 0 Å². The van der Waals surface area contributed by atoms with Crippen molar-refractivity contribution in [2.45, 2.75) is 25.4 Å². The van der Waals surface area contributed by atoms with Gasteiger partial charge in [0.05, 0.1) is 11.9 Å². The van der Waals surface area contributed by atoms with E-state index in [0.717, 1.165) is 24.2 Å². The Morgan fingerprint density at radius 3 is 2.92 bits per heavy atom. The van der Waals surface area contributed by atoms with Gasteiger partial charge in [0, 0.05) is 26.7 Å². The molecule has 2 N–H and O–H groups in total. The van der Waals surface area contributed by atoms with Crippen LogP contribution in [-0.2, 0) is 6.54 Å². The molecule has 1 saturated carbocycles. The van der Waals surface area contributed by atoms with E-state index in [4.69, 9.17) is 0 Å². The topological polar surface area (TPSA) is 44.0 Å². The lowest BCUT2D eigenvalue weighted by Gasteiger charge is -2.06. The summed E-state index contributed by atoms with van der Waals surface area (Å²) in [5.74, 6) is 0.924. The van der Waals surface area contributed by atoms with Crippen molar-refractivity contribution >= 4 is 5.95 Å². The van der Waals surface area contributed by atoms with Crippen LogP contribution in [0.1, 0.15) is 18.5 Å². The molecule has 0 aliphatic heterocycles. The molecule has 2 rings (SSSR count). The molecule has 13 heavy (non-hydrogen) atoms. The lowest BCUT2D eigenvalue weighted by molar-refractivity contribution is 0.677. The molecule has 0 amide bonds. The molecule has 72 valence electrons. The van der Waals surface area contributed by atoms with Gasteiger partial charge in [-0.2, -0.15) is 0 Å². The molecule has 0 unspecified atom stereocenters. The molecule has 1 aromatic rings. The third kappa shape index (κ3) is 2.21. The molecule has 0 spiro atoms. The minimum absolute atomic E-state index is 0.756. The summed E-state index contributed by atoms with van der Waals surface area (Å²) in [6, 6.07) is 0.756. The van der Waals surface area contributed by atoms with Crippen molar-refractivity contribution in [3.63, 3.8) is 0 Å². The van der Waals surface area contributed by atoms with Crippen molar-refractivity contribution in [3.05, 3.63) is 11.9 Å². The van der Waals surface area contributed by atoms with Crippen molar-refractivity contribution in [2.75, 3.05) is 19.0 Å². The minimum Gasteiger partial charge on any atom is -0.349 e. The third-order valence-electron chi connectivity index (χ3n) is 2.20. The van der Waals surface area contributed by atoms with Crippen LogP contribution in [0.2, 0.25) is 0 Å². The minimum atomic E-state index is 0.756. The maximum absolute atomic E-state index is 4.24. The van der Waals surface area contributed by atoms with E-state index in [1.165, 1.54) is 12.8 Å². The lowest BCUT2D eigenvalue weighted by atomic mass is 10.4. The van der Waals surface area contributed by atoms with Crippen LogP contribution in [0.5, 0.6) is 0 Å². The van der Waals surface area contributed by atoms with E-state index in [0.29, 0.717) is 0 Å². The summed E-state index contributed by atoms with van der Waals surface area (Å²) in [5.41, 5.74) is 1.16. The zero-order valence-corrected chi connectivity index (χ0v) is 8.17. The number of nitrogens with one attached hydrogen (secondary N) is 2. The highest BCUT2D eigenvalue weighted by Gasteiger charge is 2.20. The van der Waals surface area contributed by atoms with Crippen molar-refractivity contribution in [3.8, 4) is 0 Å². The zero-order valence-electron chi connectivity index (χ0n) is 8.17. The summed E-state index contributed by atoms with van der Waals surface area (Å²) < 4.78 is 0. The van der Waals surface area contributed by atoms with Gasteiger partial charge >= 0.3 is 0 Å². The van der Waals surface area contributed by atoms with Crippen LogP contribution in [0.3, 0.4) is 0 Å². The monoisotopic (exact) mass is 180 g/mol. The summed E-state index contributed by atoms with van der Waals surface area (Å²) in [6.45, 7) is 0.908. The maximum Gasteiger partial charge on any atom is 0.202 e. The normalized spacial score (nSPS) is 16.2. The average Bonchev–Trinajstić information content (AvgIpc) is 2.79. The summed E-state index contributed by atoms with van der Waals surface area (Å²) in [7, 11) is 3.97. The van der Waals surface area contributed by atoms with Gasteiger partial charge in [-0.15, -0.1) is 0 Å². The van der Waals surface area contributed by atoms with Crippen molar-refractivity contribution in [1.29, 1.82) is 0 Å². The zero-order chi connectivity index (χ0) is 9.26. The van der Waals surface area contributed by atoms with Gasteiger partial charge in [0.25, 0.3) is 0 Å². The Kier molecular flexibility index (Phi) is 2.22. The molecule has 1 fully saturated rings. The van der Waals surface area contributed by atoms with Gasteiger partial charge in [-0.1, -0.05) is 0 Å². The number of aromatic amines is 1. The largest absolute Gasteiger partial charge is 0.349 e. The highest BCUT2D eigenvalue weighted by atomic mass is 15.2. The summed E-state index contributed by atoms with van der Waals surface area (Å²) in [6.07, 6.45) is 4.55. The van der Waals surface area contributed by atoms with Crippen LogP contribution < -0.4 is 10.2 Å². The number of nitrogens with zero attached hydrogens (tertiary/aromatic N) is 2. The Morgan fingerprint density at radius 1 is 1.62 bits per heavy atom. The number of hydrogen-bond donors (Lipinski definition) is 2. The second-order valence-corrected chi connectivity index (χ2v) is 3.78. The smallest absolute Gasteiger partial charge is 0.202 e. The second-order valence-electron chi connectivity index (χ2n) is 3.78. The number of rotatable bonds is 4. The van der Waals surface area contributed by atoms with Gasteiger partial charge < -0.3 is 15.2 Å². The van der Waals surface area contributed by atoms with E-state index in [9.17, 15) is 0 Å². The number of aromatic nitrogens is 2. The Balaban J connectivity index is 1.88. The predicted molar refractivity (Wildman–Crippen MR) is 52.8 cm³/mol. The van der Waals surface area contributed by atoms with E-state index >= 15 is 0 Å². The molecule has 0 atom stereocenters. The number of anilines is 1. The Labute approximate surface area is 78.4 Å². The lowest BCUT2D eigenvalue weighted by Crippen LogP contribution is -2.16. The van der Waals surface area contributed by atoms with Crippen LogP contribution in [0.4, 0.5) is 5.95 Å². The van der Waals surface area contributed by atoms with Crippen LogP contribution in [0.25, 0.3) is 0 Å². The number of H-pyrrole nitrogens is 1. The fourth-order valence-corrected chi connectivity index (χ4v) is 1.21. The Morgan fingerprint density at radius 2 is 2.38 bits per heavy atom. The molecule has 1 heterocycles. The fourth-order valence-electron chi connectivity index (χ4n) is 1.21. The van der Waals surface area contributed by atoms with E-state index in [1.807, 2.05) is 25.2 Å². The van der Waals surface area contributed by atoms with Gasteiger partial charge in [-0.05, 0) is 12.8 Å². The first kappa shape index (κ1) is 8.56. The second kappa shape index (κ2) is 3.38. The van der Waals surface area contributed by atoms with E-state index in [-0.39, 0.29) is 0 Å². The number of imidazole rings is 1. The molecule has 4 heteroatoms. The Hall–Kier alpha value is -1.03. The molecular formula is C9H16N4. The van der Waals surface area contributed by atoms with Crippen LogP contribution >= 0.6 is 0 Å². The molecule has 0 saturated heterocycles. The van der Waals surface area contributed by atoms with Crippen molar-refractivity contribution in [2.24, 2.45) is 0 Å². The quantitative estimate of drug-likeness (QED) is 0.718. The predicted octanol–water partition coefficient (Wildman–Crippen LogP) is 0.728. The molecular weight excluding hydrogens is 164 g/mol. The van der Waals surface area contributed by atoms with Gasteiger partial charge in [-0.25, -0.2) is 4.98 Å². The van der Waals surface area contributed by atoms with Gasteiger partial charge in [0.1, 0.15) is 0 Å². The maximum atomic E-state index is 4.24. The molecule has 0 aromatic carbocycles. The van der Waals surface area contributed by atoms with Gasteiger partial charge in [0.15, 0.2) is 0 Å². The average molecular weight is 180 g/mol. The molecule has 1 aliphatic carbocycles. The highest BCUT2D eigenvalue weighted by Crippen LogP contribution is 2.19. The molecule has 1 aliphatic rings. The summed E-state index contributed by atoms with van der Waals surface area (Å²) in [5, 5.41) is 3.44. The molecule has 4 nitrogen and oxygen atoms in total. The SMILES string of the molecule is CN(C)c1ncc(CNC2CC2)[nH]1. The Bertz CT molecular complexity index is 275. The van der Waals surface area contributed by atoms with E-state index in [2.05, 4.69) is 15.3 Å². The van der Waals surface area contributed by atoms with Crippen molar-refractivity contribution in [1.82, 2.24) is 15.3 Å². The molecule has 1 aromatic heterocycles. The summed E-state index contributed by atoms with van der Waals surface area (Å²) >= 11 is 0. The van der Waals surface area contributed by atoms with Crippen LogP contribution in [0, 0.1) is 0 Å². The summed E-state index contributed by atoms with van der Waals surface area (Å²) in [4.78, 5) is 9.47. The first-order valence-corrected chi connectivity index (χ1v) is 4.70. The van der Waals surface area contributed by atoms with Gasteiger partial charge in [0.2, 0.25) is 5.95 Å².